The molecule has 0 bridgehead atoms. The molecule has 0 radical (unpaired) electrons. The van der Waals surface area contributed by atoms with E-state index in [-0.39, 0.29) is 11.6 Å². The minimum Gasteiger partial charge on any atom is -0.354 e. The second-order valence-electron chi connectivity index (χ2n) is 6.99. The van der Waals surface area contributed by atoms with E-state index >= 15 is 0 Å². The van der Waals surface area contributed by atoms with Crippen LogP contribution in [0.5, 0.6) is 0 Å². The second-order valence-corrected chi connectivity index (χ2v) is 9.88. The van der Waals surface area contributed by atoms with Crippen molar-refractivity contribution in [3.8, 4) is 0 Å². The van der Waals surface area contributed by atoms with Crippen LogP contribution in [0.25, 0.3) is 0 Å². The zero-order chi connectivity index (χ0) is 18.1. The maximum atomic E-state index is 12.5. The summed E-state index contributed by atoms with van der Waals surface area (Å²) in [5.41, 5.74) is -0.0763. The van der Waals surface area contributed by atoms with Crippen molar-refractivity contribution in [3.05, 3.63) is 40.0 Å². The van der Waals surface area contributed by atoms with E-state index in [4.69, 9.17) is 0 Å². The lowest BCUT2D eigenvalue weighted by molar-refractivity contribution is 0.457. The molecule has 0 spiro atoms. The fourth-order valence-corrected chi connectivity index (χ4v) is 5.53. The van der Waals surface area contributed by atoms with Crippen LogP contribution in [-0.4, -0.2) is 37.3 Å². The van der Waals surface area contributed by atoms with Gasteiger partial charge in [-0.15, -0.1) is 11.3 Å². The van der Waals surface area contributed by atoms with Crippen LogP contribution in [0.1, 0.15) is 25.7 Å². The van der Waals surface area contributed by atoms with Crippen LogP contribution >= 0.6 is 11.3 Å². The third kappa shape index (κ3) is 3.99. The molecule has 7 nitrogen and oxygen atoms in total. The Hall–Kier alpha value is -1.71. The van der Waals surface area contributed by atoms with E-state index < -0.39 is 10.0 Å². The summed E-state index contributed by atoms with van der Waals surface area (Å²) in [5, 5.41) is 6.27. The quantitative estimate of drug-likeness (QED) is 0.806. The molecule has 0 amide bonds. The molecule has 1 saturated carbocycles. The summed E-state index contributed by atoms with van der Waals surface area (Å²) in [6.07, 6.45) is 3.99. The molecule has 2 aliphatic rings. The molecular weight excluding hydrogens is 372 g/mol. The molecule has 1 atom stereocenters. The lowest BCUT2D eigenvalue weighted by atomic mass is 10.1. The van der Waals surface area contributed by atoms with Crippen LogP contribution in [-0.2, 0) is 16.6 Å². The summed E-state index contributed by atoms with van der Waals surface area (Å²) < 4.78 is 29.6. The molecule has 2 aromatic heterocycles. The number of hydrogen-bond acceptors (Lipinski definition) is 6. The van der Waals surface area contributed by atoms with Gasteiger partial charge in [0.2, 0.25) is 10.0 Å². The summed E-state index contributed by atoms with van der Waals surface area (Å²) in [6, 6.07) is 6.48. The first-order valence-electron chi connectivity index (χ1n) is 8.90. The van der Waals surface area contributed by atoms with Gasteiger partial charge in [0.15, 0.2) is 0 Å². The summed E-state index contributed by atoms with van der Waals surface area (Å²) in [7, 11) is -3.48. The molecule has 1 unspecified atom stereocenters. The van der Waals surface area contributed by atoms with Gasteiger partial charge in [0.05, 0.1) is 0 Å². The average molecular weight is 395 g/mol. The van der Waals surface area contributed by atoms with Crippen molar-refractivity contribution in [1.29, 1.82) is 0 Å². The van der Waals surface area contributed by atoms with Gasteiger partial charge in [-0.25, -0.2) is 17.8 Å². The van der Waals surface area contributed by atoms with Crippen LogP contribution < -0.4 is 15.2 Å². The molecule has 2 aromatic rings. The Kier molecular flexibility index (Phi) is 4.85. The zero-order valence-electron chi connectivity index (χ0n) is 14.4. The van der Waals surface area contributed by atoms with Crippen LogP contribution in [0, 0.1) is 5.92 Å². The number of nitrogens with zero attached hydrogens (tertiary/aromatic N) is 3. The largest absolute Gasteiger partial charge is 0.354 e. The normalized spacial score (nSPS) is 21.1. The Labute approximate surface area is 156 Å². The highest BCUT2D eigenvalue weighted by Crippen LogP contribution is 2.30. The zero-order valence-corrected chi connectivity index (χ0v) is 16.0. The first-order valence-corrected chi connectivity index (χ1v) is 11.3. The van der Waals surface area contributed by atoms with Crippen LogP contribution in [0.15, 0.2) is 38.6 Å². The highest BCUT2D eigenvalue weighted by Gasteiger charge is 2.27. The summed E-state index contributed by atoms with van der Waals surface area (Å²) in [5.74, 6) is 1.31. The number of piperidine rings is 1. The average Bonchev–Trinajstić information content (AvgIpc) is 3.24. The van der Waals surface area contributed by atoms with Gasteiger partial charge >= 0.3 is 0 Å². The standard InChI is InChI=1S/C17H22N4O3S2/c22-16-8-7-15(18-21(16)11-13-5-6-13)20-9-1-3-14(12-20)19-26(23,24)17-4-2-10-25-17/h2,4,7-8,10,13-14,19H,1,3,5-6,9,11-12H2. The number of sulfonamides is 1. The van der Waals surface area contributed by atoms with E-state index in [1.807, 2.05) is 0 Å². The number of nitrogens with one attached hydrogen (secondary N) is 1. The highest BCUT2D eigenvalue weighted by atomic mass is 32.2. The molecule has 1 aliphatic heterocycles. The summed E-state index contributed by atoms with van der Waals surface area (Å²) >= 11 is 1.22. The van der Waals surface area contributed by atoms with E-state index in [0.717, 1.165) is 38.0 Å². The molecule has 3 heterocycles. The minimum atomic E-state index is -3.48. The van der Waals surface area contributed by atoms with Crippen molar-refractivity contribution in [2.75, 3.05) is 18.0 Å². The molecule has 1 saturated heterocycles. The SMILES string of the molecule is O=c1ccc(N2CCCC(NS(=O)(=O)c3cccs3)C2)nn1CC1CC1. The Bertz CT molecular complexity index is 920. The number of anilines is 1. The Morgan fingerprint density at radius 1 is 1.23 bits per heavy atom. The topological polar surface area (TPSA) is 84.3 Å². The highest BCUT2D eigenvalue weighted by molar-refractivity contribution is 7.91. The lowest BCUT2D eigenvalue weighted by Crippen LogP contribution is -2.48. The molecular formula is C17H22N4O3S2. The first kappa shape index (κ1) is 17.7. The van der Waals surface area contributed by atoms with E-state index in [1.165, 1.54) is 11.3 Å². The molecule has 140 valence electrons. The molecule has 26 heavy (non-hydrogen) atoms. The maximum Gasteiger partial charge on any atom is 0.266 e. The van der Waals surface area contributed by atoms with Gasteiger partial charge in [-0.3, -0.25) is 4.79 Å². The first-order chi connectivity index (χ1) is 12.5. The third-order valence-corrected chi connectivity index (χ3v) is 7.73. The van der Waals surface area contributed by atoms with E-state index in [9.17, 15) is 13.2 Å². The number of aromatic nitrogens is 2. The van der Waals surface area contributed by atoms with Gasteiger partial charge in [-0.2, -0.15) is 5.10 Å². The third-order valence-electron chi connectivity index (χ3n) is 4.81. The van der Waals surface area contributed by atoms with Crippen LogP contribution in [0.2, 0.25) is 0 Å². The molecule has 0 aromatic carbocycles. The predicted octanol–water partition coefficient (Wildman–Crippen LogP) is 1.66. The molecule has 4 rings (SSSR count). The van der Waals surface area contributed by atoms with Crippen molar-refractivity contribution in [2.45, 2.75) is 42.5 Å². The van der Waals surface area contributed by atoms with Crippen molar-refractivity contribution < 1.29 is 8.42 Å². The fraction of sp³-hybridized carbons (Fsp3) is 0.529. The monoisotopic (exact) mass is 394 g/mol. The minimum absolute atomic E-state index is 0.0763. The lowest BCUT2D eigenvalue weighted by Gasteiger charge is -2.33. The Morgan fingerprint density at radius 3 is 2.81 bits per heavy atom. The number of rotatable bonds is 6. The van der Waals surface area contributed by atoms with Gasteiger partial charge in [-0.05, 0) is 49.1 Å². The molecule has 9 heteroatoms. The second kappa shape index (κ2) is 7.13. The molecule has 2 fully saturated rings. The number of hydrogen-bond donors (Lipinski definition) is 1. The van der Waals surface area contributed by atoms with Gasteiger partial charge in [0.25, 0.3) is 5.56 Å². The van der Waals surface area contributed by atoms with E-state index in [2.05, 4.69) is 14.7 Å². The Morgan fingerprint density at radius 2 is 2.08 bits per heavy atom. The van der Waals surface area contributed by atoms with Crippen LogP contribution in [0.3, 0.4) is 0 Å². The van der Waals surface area contributed by atoms with E-state index in [0.29, 0.717) is 23.2 Å². The van der Waals surface area contributed by atoms with Gasteiger partial charge in [0, 0.05) is 31.7 Å². The summed E-state index contributed by atoms with van der Waals surface area (Å²) in [4.78, 5) is 14.1. The number of thiophene rings is 1. The smallest absolute Gasteiger partial charge is 0.266 e. The van der Waals surface area contributed by atoms with Crippen molar-refractivity contribution in [3.63, 3.8) is 0 Å². The van der Waals surface area contributed by atoms with Gasteiger partial charge in [0.1, 0.15) is 10.0 Å². The predicted molar refractivity (Wildman–Crippen MR) is 101 cm³/mol. The van der Waals surface area contributed by atoms with Gasteiger partial charge in [-0.1, -0.05) is 6.07 Å². The molecule has 1 aliphatic carbocycles. The van der Waals surface area contributed by atoms with Crippen molar-refractivity contribution in [2.24, 2.45) is 5.92 Å². The summed E-state index contributed by atoms with van der Waals surface area (Å²) in [6.45, 7) is 2.04. The van der Waals surface area contributed by atoms with Crippen LogP contribution in [0.4, 0.5) is 5.82 Å². The fourth-order valence-electron chi connectivity index (χ4n) is 3.26. The van der Waals surface area contributed by atoms with Crippen molar-refractivity contribution >= 4 is 27.2 Å². The van der Waals surface area contributed by atoms with E-state index in [1.54, 1.807) is 34.3 Å². The molecule has 1 N–H and O–H groups in total. The van der Waals surface area contributed by atoms with Crippen molar-refractivity contribution in [1.82, 2.24) is 14.5 Å². The Balaban J connectivity index is 1.47. The maximum absolute atomic E-state index is 12.5. The van der Waals surface area contributed by atoms with Gasteiger partial charge < -0.3 is 4.90 Å².